The number of aryl methyl sites for hydroxylation is 1. The first-order valence-corrected chi connectivity index (χ1v) is 9.01. The summed E-state index contributed by atoms with van der Waals surface area (Å²) in [5, 5.41) is 9.71. The van der Waals surface area contributed by atoms with E-state index in [4.69, 9.17) is 11.6 Å². The summed E-state index contributed by atoms with van der Waals surface area (Å²) in [7, 11) is 0. The van der Waals surface area contributed by atoms with E-state index in [1.54, 1.807) is 13.1 Å². The first-order valence-electron chi connectivity index (χ1n) is 8.64. The number of H-pyrrole nitrogens is 1. The minimum absolute atomic E-state index is 0.134. The SMILES string of the molecule is Cc1nc2c(c(-c3c[nH]nn3)n1)CCN(C(=O)c1cccc(C(F)(F)F)c1Cl)C2. The predicted octanol–water partition coefficient (Wildman–Crippen LogP) is 3.44. The molecule has 7 nitrogen and oxygen atoms in total. The van der Waals surface area contributed by atoms with Crippen LogP contribution in [-0.2, 0) is 19.1 Å². The van der Waals surface area contributed by atoms with E-state index in [9.17, 15) is 18.0 Å². The zero-order valence-corrected chi connectivity index (χ0v) is 15.8. The van der Waals surface area contributed by atoms with Gasteiger partial charge in [-0.1, -0.05) is 22.9 Å². The van der Waals surface area contributed by atoms with E-state index in [0.717, 1.165) is 11.6 Å². The van der Waals surface area contributed by atoms with Gasteiger partial charge in [0.25, 0.3) is 5.91 Å². The Morgan fingerprint density at radius 3 is 2.76 bits per heavy atom. The number of nitrogens with one attached hydrogen (secondary N) is 1. The average Bonchev–Trinajstić information content (AvgIpc) is 3.20. The molecule has 0 bridgehead atoms. The quantitative estimate of drug-likeness (QED) is 0.683. The van der Waals surface area contributed by atoms with Crippen molar-refractivity contribution in [2.75, 3.05) is 6.54 Å². The number of nitrogens with zero attached hydrogens (tertiary/aromatic N) is 5. The predicted molar refractivity (Wildman–Crippen MR) is 97.0 cm³/mol. The molecule has 150 valence electrons. The Morgan fingerprint density at radius 1 is 1.28 bits per heavy atom. The normalized spacial score (nSPS) is 14.0. The molecule has 29 heavy (non-hydrogen) atoms. The fourth-order valence-electron chi connectivity index (χ4n) is 3.34. The lowest BCUT2D eigenvalue weighted by molar-refractivity contribution is -0.137. The maximum Gasteiger partial charge on any atom is 0.417 e. The lowest BCUT2D eigenvalue weighted by atomic mass is 10.00. The maximum absolute atomic E-state index is 13.1. The van der Waals surface area contributed by atoms with Gasteiger partial charge in [-0.3, -0.25) is 9.89 Å². The Bertz CT molecular complexity index is 1080. The fraction of sp³-hybridized carbons (Fsp3) is 0.278. The summed E-state index contributed by atoms with van der Waals surface area (Å²) in [6.45, 7) is 2.14. The number of hydrogen-bond donors (Lipinski definition) is 1. The van der Waals surface area contributed by atoms with Gasteiger partial charge in [0.2, 0.25) is 0 Å². The summed E-state index contributed by atoms with van der Waals surface area (Å²) in [5.74, 6) is -0.0841. The number of hydrogen-bond acceptors (Lipinski definition) is 5. The van der Waals surface area contributed by atoms with Gasteiger partial charge in [0.15, 0.2) is 0 Å². The van der Waals surface area contributed by atoms with Crippen LogP contribution in [0.5, 0.6) is 0 Å². The van der Waals surface area contributed by atoms with Gasteiger partial charge in [-0.05, 0) is 25.5 Å². The van der Waals surface area contributed by atoms with Crippen LogP contribution in [0.4, 0.5) is 13.2 Å². The van der Waals surface area contributed by atoms with E-state index in [1.165, 1.54) is 17.0 Å². The van der Waals surface area contributed by atoms with Crippen LogP contribution in [0, 0.1) is 6.92 Å². The van der Waals surface area contributed by atoms with Crippen LogP contribution in [0.1, 0.15) is 33.0 Å². The van der Waals surface area contributed by atoms with Gasteiger partial charge in [-0.15, -0.1) is 5.10 Å². The molecule has 1 aliphatic heterocycles. The summed E-state index contributed by atoms with van der Waals surface area (Å²) in [4.78, 5) is 23.2. The number of halogens is 4. The Morgan fingerprint density at radius 2 is 2.07 bits per heavy atom. The molecule has 0 saturated heterocycles. The van der Waals surface area contributed by atoms with E-state index < -0.39 is 22.7 Å². The van der Waals surface area contributed by atoms with E-state index >= 15 is 0 Å². The number of fused-ring (bicyclic) bond motifs is 1. The topological polar surface area (TPSA) is 87.7 Å². The minimum Gasteiger partial charge on any atom is -0.332 e. The highest BCUT2D eigenvalue weighted by Crippen LogP contribution is 2.37. The fourth-order valence-corrected chi connectivity index (χ4v) is 3.66. The van der Waals surface area contributed by atoms with Gasteiger partial charge >= 0.3 is 6.18 Å². The van der Waals surface area contributed by atoms with Crippen molar-refractivity contribution >= 4 is 17.5 Å². The van der Waals surface area contributed by atoms with E-state index in [1.807, 2.05) is 0 Å². The second kappa shape index (κ2) is 7.11. The molecule has 0 aliphatic carbocycles. The van der Waals surface area contributed by atoms with Crippen LogP contribution in [0.2, 0.25) is 5.02 Å². The van der Waals surface area contributed by atoms with Crippen LogP contribution >= 0.6 is 11.6 Å². The van der Waals surface area contributed by atoms with Crippen molar-refractivity contribution in [3.63, 3.8) is 0 Å². The molecule has 3 aromatic rings. The van der Waals surface area contributed by atoms with Gasteiger partial charge in [-0.25, -0.2) is 9.97 Å². The number of carbonyl (C=O) groups is 1. The molecule has 0 atom stereocenters. The summed E-state index contributed by atoms with van der Waals surface area (Å²) in [6.07, 6.45) is -2.60. The number of carbonyl (C=O) groups excluding carboxylic acids is 1. The number of amides is 1. The number of aromatic nitrogens is 5. The van der Waals surface area contributed by atoms with Crippen molar-refractivity contribution in [3.8, 4) is 11.4 Å². The summed E-state index contributed by atoms with van der Waals surface area (Å²) >= 11 is 5.91. The second-order valence-electron chi connectivity index (χ2n) is 6.54. The van der Waals surface area contributed by atoms with Gasteiger partial charge in [0.05, 0.1) is 40.3 Å². The molecule has 0 unspecified atom stereocenters. The van der Waals surface area contributed by atoms with Gasteiger partial charge in [-0.2, -0.15) is 13.2 Å². The number of benzene rings is 1. The Hall–Kier alpha value is -3.01. The molecule has 1 N–H and O–H groups in total. The highest BCUT2D eigenvalue weighted by molar-refractivity contribution is 6.34. The van der Waals surface area contributed by atoms with Crippen LogP contribution in [0.25, 0.3) is 11.4 Å². The van der Waals surface area contributed by atoms with E-state index in [2.05, 4.69) is 25.4 Å². The van der Waals surface area contributed by atoms with Crippen molar-refractivity contribution in [3.05, 3.63) is 57.6 Å². The van der Waals surface area contributed by atoms with Crippen LogP contribution in [0.15, 0.2) is 24.4 Å². The van der Waals surface area contributed by atoms with Crippen LogP contribution < -0.4 is 0 Å². The molecular formula is C18H14ClF3N6O. The molecule has 0 fully saturated rings. The average molecular weight is 423 g/mol. The number of alkyl halides is 3. The smallest absolute Gasteiger partial charge is 0.332 e. The maximum atomic E-state index is 13.1. The number of aromatic amines is 1. The zero-order valence-electron chi connectivity index (χ0n) is 15.1. The molecule has 1 aliphatic rings. The van der Waals surface area contributed by atoms with Crippen molar-refractivity contribution in [2.24, 2.45) is 0 Å². The van der Waals surface area contributed by atoms with E-state index in [-0.39, 0.29) is 18.7 Å². The summed E-state index contributed by atoms with van der Waals surface area (Å²) in [6, 6.07) is 3.32. The molecular weight excluding hydrogens is 409 g/mol. The first kappa shape index (κ1) is 19.3. The van der Waals surface area contributed by atoms with E-state index in [0.29, 0.717) is 29.3 Å². The Kier molecular flexibility index (Phi) is 4.73. The molecule has 2 aromatic heterocycles. The van der Waals surface area contributed by atoms with Crippen molar-refractivity contribution in [1.82, 2.24) is 30.3 Å². The second-order valence-corrected chi connectivity index (χ2v) is 6.92. The first-order chi connectivity index (χ1) is 13.8. The van der Waals surface area contributed by atoms with Crippen molar-refractivity contribution in [2.45, 2.75) is 26.1 Å². The molecule has 0 spiro atoms. The molecule has 3 heterocycles. The summed E-state index contributed by atoms with van der Waals surface area (Å²) in [5.41, 5.74) is 1.43. The Balaban J connectivity index is 1.67. The molecule has 0 saturated carbocycles. The highest BCUT2D eigenvalue weighted by atomic mass is 35.5. The van der Waals surface area contributed by atoms with Gasteiger partial charge in [0.1, 0.15) is 11.5 Å². The highest BCUT2D eigenvalue weighted by Gasteiger charge is 2.36. The Labute approximate surface area is 167 Å². The lowest BCUT2D eigenvalue weighted by Gasteiger charge is -2.29. The third kappa shape index (κ3) is 3.55. The van der Waals surface area contributed by atoms with Gasteiger partial charge in [0, 0.05) is 12.1 Å². The lowest BCUT2D eigenvalue weighted by Crippen LogP contribution is -2.37. The molecule has 4 rings (SSSR count). The largest absolute Gasteiger partial charge is 0.417 e. The number of rotatable bonds is 2. The molecule has 0 radical (unpaired) electrons. The van der Waals surface area contributed by atoms with Crippen molar-refractivity contribution in [1.29, 1.82) is 0 Å². The third-order valence-electron chi connectivity index (χ3n) is 4.66. The summed E-state index contributed by atoms with van der Waals surface area (Å²) < 4.78 is 39.3. The zero-order chi connectivity index (χ0) is 20.8. The van der Waals surface area contributed by atoms with Gasteiger partial charge < -0.3 is 4.90 Å². The molecule has 1 aromatic carbocycles. The molecule has 1 amide bonds. The van der Waals surface area contributed by atoms with Crippen LogP contribution in [-0.4, -0.2) is 42.7 Å². The van der Waals surface area contributed by atoms with Crippen LogP contribution in [0.3, 0.4) is 0 Å². The minimum atomic E-state index is -4.64. The monoisotopic (exact) mass is 422 g/mol. The third-order valence-corrected chi connectivity index (χ3v) is 5.07. The molecule has 11 heteroatoms. The standard InChI is InChI=1S/C18H14ClF3N6O/c1-9-24-14-8-28(6-5-10(14)16(25-9)13-7-23-27-26-13)17(29)11-3-2-4-12(15(11)19)18(20,21)22/h2-4,7H,5-6,8H2,1H3,(H,23,26,27). The van der Waals surface area contributed by atoms with Crippen molar-refractivity contribution < 1.29 is 18.0 Å².